The highest BCUT2D eigenvalue weighted by molar-refractivity contribution is 5.39. The molecule has 2 nitrogen and oxygen atoms in total. The fourth-order valence-corrected chi connectivity index (χ4v) is 4.39. The second kappa shape index (κ2) is 18.2. The highest BCUT2D eigenvalue weighted by Gasteiger charge is 2.23. The molecule has 0 heterocycles. The summed E-state index contributed by atoms with van der Waals surface area (Å²) >= 11 is 0. The van der Waals surface area contributed by atoms with Crippen molar-refractivity contribution >= 4 is 0 Å². The predicted octanol–water partition coefficient (Wildman–Crippen LogP) is 7.85. The quantitative estimate of drug-likeness (QED) is 0.376. The van der Waals surface area contributed by atoms with Crippen LogP contribution in [0.1, 0.15) is 82.6 Å². The number of allylic oxidation sites excluding steroid dienone is 4. The maximum absolute atomic E-state index is 7.00. The number of hydrogen-bond acceptors (Lipinski definition) is 1. The van der Waals surface area contributed by atoms with Crippen LogP contribution in [-0.4, -0.2) is 17.7 Å². The van der Waals surface area contributed by atoms with Gasteiger partial charge >= 0.3 is 0 Å². The largest absolute Gasteiger partial charge is 0.412 e. The van der Waals surface area contributed by atoms with Crippen molar-refractivity contribution < 1.29 is 10.6 Å². The van der Waals surface area contributed by atoms with E-state index >= 15 is 0 Å². The molecule has 0 saturated carbocycles. The number of rotatable bonds is 9. The van der Waals surface area contributed by atoms with Crippen LogP contribution in [0.25, 0.3) is 0 Å². The van der Waals surface area contributed by atoms with Crippen molar-refractivity contribution in [1.82, 2.24) is 0 Å². The molecule has 0 radical (unpaired) electrons. The van der Waals surface area contributed by atoms with Crippen molar-refractivity contribution in [3.8, 4) is 0 Å². The molecule has 0 saturated heterocycles. The molecule has 1 unspecified atom stereocenters. The minimum atomic E-state index is 0. The van der Waals surface area contributed by atoms with Crippen molar-refractivity contribution in [1.29, 1.82) is 0 Å². The highest BCUT2D eigenvalue weighted by atomic mass is 16.2. The van der Waals surface area contributed by atoms with Gasteiger partial charge in [0.1, 0.15) is 0 Å². The number of hydrogen-bond donors (Lipinski definition) is 1. The first-order valence-electron chi connectivity index (χ1n) is 13.0. The fourth-order valence-electron chi connectivity index (χ4n) is 4.39. The maximum atomic E-state index is 7.00. The summed E-state index contributed by atoms with van der Waals surface area (Å²) in [5.74, 6) is 1.34. The van der Waals surface area contributed by atoms with Gasteiger partial charge < -0.3 is 10.6 Å². The van der Waals surface area contributed by atoms with E-state index < -0.39 is 0 Å². The molecule has 0 bridgehead atoms. The van der Waals surface area contributed by atoms with E-state index in [1.165, 1.54) is 54.4 Å². The average Bonchev–Trinajstić information content (AvgIpc) is 3.25. The van der Waals surface area contributed by atoms with Crippen molar-refractivity contribution in [3.63, 3.8) is 0 Å². The van der Waals surface area contributed by atoms with Crippen LogP contribution >= 0.6 is 0 Å². The van der Waals surface area contributed by atoms with Crippen LogP contribution in [0.15, 0.2) is 71.8 Å². The van der Waals surface area contributed by atoms with E-state index in [1.807, 2.05) is 0 Å². The van der Waals surface area contributed by atoms with Gasteiger partial charge in [-0.1, -0.05) is 125 Å². The second-order valence-corrected chi connectivity index (χ2v) is 9.31. The molecule has 0 amide bonds. The van der Waals surface area contributed by atoms with Crippen LogP contribution in [0.5, 0.6) is 0 Å². The van der Waals surface area contributed by atoms with Crippen LogP contribution in [-0.2, 0) is 19.3 Å². The third-order valence-corrected chi connectivity index (χ3v) is 6.44. The molecular weight excluding hydrogens is 416 g/mol. The maximum Gasteiger partial charge on any atom is 0.0319 e. The fraction of sp³-hybridized carbons (Fsp3) is 0.500. The summed E-state index contributed by atoms with van der Waals surface area (Å²) in [7, 11) is 1.00. The Morgan fingerprint density at radius 3 is 1.82 bits per heavy atom. The molecule has 2 aromatic rings. The molecule has 3 rings (SSSR count). The zero-order chi connectivity index (χ0) is 24.6. The Bertz CT molecular complexity index is 826. The van der Waals surface area contributed by atoms with Crippen LogP contribution in [0.4, 0.5) is 0 Å². The van der Waals surface area contributed by atoms with Gasteiger partial charge in [0, 0.05) is 13.0 Å². The van der Waals surface area contributed by atoms with Gasteiger partial charge in [-0.05, 0) is 61.6 Å². The van der Waals surface area contributed by atoms with E-state index in [0.717, 1.165) is 20.0 Å². The zero-order valence-electron chi connectivity index (χ0n) is 22.8. The Balaban J connectivity index is 0.000000630. The van der Waals surface area contributed by atoms with Crippen LogP contribution in [0.3, 0.4) is 0 Å². The molecule has 190 valence electrons. The van der Waals surface area contributed by atoms with E-state index in [-0.39, 0.29) is 5.48 Å². The van der Waals surface area contributed by atoms with Crippen LogP contribution in [0, 0.1) is 18.8 Å². The summed E-state index contributed by atoms with van der Waals surface area (Å²) < 4.78 is 0. The number of aryl methyl sites for hydroxylation is 3. The van der Waals surface area contributed by atoms with Gasteiger partial charge in [-0.25, -0.2) is 0 Å². The lowest BCUT2D eigenvalue weighted by atomic mass is 9.84. The molecule has 0 fully saturated rings. The lowest BCUT2D eigenvalue weighted by molar-refractivity contribution is 0.399. The topological polar surface area (TPSA) is 51.7 Å². The smallest absolute Gasteiger partial charge is 0.0319 e. The number of aliphatic hydroxyl groups is 1. The molecule has 2 aromatic carbocycles. The zero-order valence-corrected chi connectivity index (χ0v) is 22.8. The number of benzene rings is 2. The molecule has 1 atom stereocenters. The van der Waals surface area contributed by atoms with Gasteiger partial charge in [0.25, 0.3) is 0 Å². The lowest BCUT2D eigenvalue weighted by Crippen LogP contribution is -2.09. The minimum Gasteiger partial charge on any atom is -0.412 e. The Morgan fingerprint density at radius 2 is 1.32 bits per heavy atom. The Morgan fingerprint density at radius 1 is 0.765 bits per heavy atom. The van der Waals surface area contributed by atoms with Crippen molar-refractivity contribution in [2.45, 2.75) is 86.5 Å². The number of unbranched alkanes of at least 4 members (excludes halogenated alkanes) is 2. The van der Waals surface area contributed by atoms with Gasteiger partial charge in [-0.3, -0.25) is 0 Å². The normalized spacial score (nSPS) is 14.2. The predicted molar refractivity (Wildman–Crippen MR) is 150 cm³/mol. The van der Waals surface area contributed by atoms with Crippen molar-refractivity contribution in [2.75, 3.05) is 7.11 Å². The van der Waals surface area contributed by atoms with E-state index in [9.17, 15) is 0 Å². The third kappa shape index (κ3) is 10.8. The molecule has 1 aliphatic rings. The Kier molecular flexibility index (Phi) is 17.0. The molecule has 3 N–H and O–H groups in total. The van der Waals surface area contributed by atoms with Crippen LogP contribution < -0.4 is 0 Å². The molecule has 34 heavy (non-hydrogen) atoms. The first-order chi connectivity index (χ1) is 16.0. The van der Waals surface area contributed by atoms with Crippen LogP contribution in [0.2, 0.25) is 0 Å². The first kappa shape index (κ1) is 31.8. The molecular formula is C32H50O2. The van der Waals surface area contributed by atoms with E-state index in [0.29, 0.717) is 11.8 Å². The monoisotopic (exact) mass is 466 g/mol. The van der Waals surface area contributed by atoms with Crippen molar-refractivity contribution in [3.05, 3.63) is 94.1 Å². The summed E-state index contributed by atoms with van der Waals surface area (Å²) in [4.78, 5) is 0. The Hall–Kier alpha value is -2.16. The van der Waals surface area contributed by atoms with Gasteiger partial charge in [0.15, 0.2) is 0 Å². The highest BCUT2D eigenvalue weighted by Crippen LogP contribution is 2.36. The second-order valence-electron chi connectivity index (χ2n) is 9.31. The lowest BCUT2D eigenvalue weighted by Gasteiger charge is -2.20. The van der Waals surface area contributed by atoms with Gasteiger partial charge in [-0.2, -0.15) is 0 Å². The average molecular weight is 467 g/mol. The summed E-state index contributed by atoms with van der Waals surface area (Å²) in [5.41, 5.74) is 8.92. The van der Waals surface area contributed by atoms with Gasteiger partial charge in [0.05, 0.1) is 0 Å². The van der Waals surface area contributed by atoms with E-state index in [1.54, 1.807) is 11.1 Å². The summed E-state index contributed by atoms with van der Waals surface area (Å²) in [6.07, 6.45) is 13.4. The minimum absolute atomic E-state index is 0. The molecule has 0 spiro atoms. The van der Waals surface area contributed by atoms with Gasteiger partial charge in [0.2, 0.25) is 0 Å². The third-order valence-electron chi connectivity index (χ3n) is 6.44. The summed E-state index contributed by atoms with van der Waals surface area (Å²) in [6, 6.07) is 18.0. The summed E-state index contributed by atoms with van der Waals surface area (Å²) in [5, 5.41) is 7.00. The summed E-state index contributed by atoms with van der Waals surface area (Å²) in [6.45, 7) is 13.5. The number of aliphatic hydroxyl groups excluding tert-OH is 1. The SMILES string of the molecule is CCCCCc1ccc(C)cc1.CCc1ccc(CC2=CC=C(C(C)C)C2CC)cc1.CO.O. The molecule has 0 aliphatic heterocycles. The molecule has 1 aliphatic carbocycles. The standard InChI is InChI=1S/C19H26.C12H18.CH4O.H2O/c1-5-15-7-9-16(10-8-15)13-17-11-12-19(14(3)4)18(17)6-2;1-3-4-5-6-12-9-7-11(2)8-10-12;1-2;/h7-12,14,18H,5-6,13H2,1-4H3;7-10H,3-6H2,1-2H3;2H,1H3;1H2. The van der Waals surface area contributed by atoms with E-state index in [4.69, 9.17) is 5.11 Å². The molecule has 2 heteroatoms. The first-order valence-corrected chi connectivity index (χ1v) is 13.0. The Labute approximate surface area is 210 Å². The van der Waals surface area contributed by atoms with Crippen molar-refractivity contribution in [2.24, 2.45) is 11.8 Å². The van der Waals surface area contributed by atoms with E-state index in [2.05, 4.69) is 102 Å². The van der Waals surface area contributed by atoms with Gasteiger partial charge in [-0.15, -0.1) is 0 Å². The molecule has 0 aromatic heterocycles.